The molecule has 2 N–H and O–H groups in total. The Morgan fingerprint density at radius 3 is 2.86 bits per heavy atom. The summed E-state index contributed by atoms with van der Waals surface area (Å²) in [6, 6.07) is 0. The fraction of sp³-hybridized carbons (Fsp3) is 0.500. The number of rotatable bonds is 5. The minimum absolute atomic E-state index is 0.0829. The third-order valence-corrected chi connectivity index (χ3v) is 2.99. The van der Waals surface area contributed by atoms with Crippen LogP contribution in [-0.2, 0) is 11.3 Å². The maximum absolute atomic E-state index is 10.9. The van der Waals surface area contributed by atoms with Crippen molar-refractivity contribution in [2.45, 2.75) is 19.9 Å². The fourth-order valence-corrected chi connectivity index (χ4v) is 1.97. The summed E-state index contributed by atoms with van der Waals surface area (Å²) in [7, 11) is 1.66. The van der Waals surface area contributed by atoms with Gasteiger partial charge in [-0.3, -0.25) is 4.79 Å². The molecule has 0 unspecified atom stereocenters. The summed E-state index contributed by atoms with van der Waals surface area (Å²) < 4.78 is 0. The number of hydrogen-bond acceptors (Lipinski definition) is 3. The topological polar surface area (TPSA) is 41.1 Å². The first kappa shape index (κ1) is 11.2. The van der Waals surface area contributed by atoms with Crippen LogP contribution in [-0.4, -0.2) is 19.5 Å². The van der Waals surface area contributed by atoms with Gasteiger partial charge in [0, 0.05) is 26.6 Å². The highest BCUT2D eigenvalue weighted by molar-refractivity contribution is 7.08. The van der Waals surface area contributed by atoms with E-state index in [1.54, 1.807) is 18.4 Å². The first-order valence-corrected chi connectivity index (χ1v) is 5.61. The zero-order valence-electron chi connectivity index (χ0n) is 8.59. The normalized spacial score (nSPS) is 10.1. The molecule has 1 amide bonds. The summed E-state index contributed by atoms with van der Waals surface area (Å²) >= 11 is 1.72. The van der Waals surface area contributed by atoms with Crippen LogP contribution in [0.4, 0.5) is 0 Å². The van der Waals surface area contributed by atoms with Crippen LogP contribution in [0, 0.1) is 6.92 Å². The minimum atomic E-state index is 0.0829. The van der Waals surface area contributed by atoms with Gasteiger partial charge in [0.1, 0.15) is 0 Å². The van der Waals surface area contributed by atoms with Crippen molar-refractivity contribution < 1.29 is 4.79 Å². The second-order valence-corrected chi connectivity index (χ2v) is 3.92. The molecule has 0 aromatic carbocycles. The number of amides is 1. The Bertz CT molecular complexity index is 296. The third kappa shape index (κ3) is 3.47. The Labute approximate surface area is 88.5 Å². The van der Waals surface area contributed by atoms with E-state index in [2.05, 4.69) is 28.3 Å². The molecular formula is C10H16N2OS. The van der Waals surface area contributed by atoms with E-state index >= 15 is 0 Å². The zero-order valence-corrected chi connectivity index (χ0v) is 9.41. The maximum atomic E-state index is 10.9. The molecule has 1 rings (SSSR count). The van der Waals surface area contributed by atoms with Gasteiger partial charge in [-0.25, -0.2) is 0 Å². The first-order chi connectivity index (χ1) is 6.74. The van der Waals surface area contributed by atoms with Gasteiger partial charge in [-0.2, -0.15) is 11.3 Å². The molecule has 3 nitrogen and oxygen atoms in total. The fourth-order valence-electron chi connectivity index (χ4n) is 1.12. The monoisotopic (exact) mass is 212 g/mol. The second-order valence-electron chi connectivity index (χ2n) is 3.18. The second kappa shape index (κ2) is 5.78. The third-order valence-electron chi connectivity index (χ3n) is 2.08. The Morgan fingerprint density at radius 1 is 1.50 bits per heavy atom. The largest absolute Gasteiger partial charge is 0.359 e. The molecule has 1 heterocycles. The van der Waals surface area contributed by atoms with Crippen molar-refractivity contribution in [1.82, 2.24) is 10.6 Å². The molecular weight excluding hydrogens is 196 g/mol. The van der Waals surface area contributed by atoms with Crippen LogP contribution in [0.5, 0.6) is 0 Å². The molecule has 0 bridgehead atoms. The Balaban J connectivity index is 2.16. The van der Waals surface area contributed by atoms with Crippen LogP contribution < -0.4 is 10.6 Å². The van der Waals surface area contributed by atoms with Crippen molar-refractivity contribution >= 4 is 17.2 Å². The summed E-state index contributed by atoms with van der Waals surface area (Å²) in [6.45, 7) is 3.69. The maximum Gasteiger partial charge on any atom is 0.221 e. The average molecular weight is 212 g/mol. The summed E-state index contributed by atoms with van der Waals surface area (Å²) in [6.07, 6.45) is 0.541. The lowest BCUT2D eigenvalue weighted by Crippen LogP contribution is -2.24. The van der Waals surface area contributed by atoms with Crippen molar-refractivity contribution in [2.24, 2.45) is 0 Å². The number of carbonyl (C=O) groups excluding carboxylic acids is 1. The van der Waals surface area contributed by atoms with Crippen molar-refractivity contribution in [3.8, 4) is 0 Å². The molecule has 0 aliphatic heterocycles. The smallest absolute Gasteiger partial charge is 0.221 e. The van der Waals surface area contributed by atoms with Crippen LogP contribution in [0.2, 0.25) is 0 Å². The van der Waals surface area contributed by atoms with E-state index in [4.69, 9.17) is 0 Å². The molecule has 0 saturated heterocycles. The molecule has 1 aromatic rings. The van der Waals surface area contributed by atoms with Crippen molar-refractivity contribution in [3.05, 3.63) is 21.9 Å². The quantitative estimate of drug-likeness (QED) is 0.722. The number of carbonyl (C=O) groups is 1. The summed E-state index contributed by atoms with van der Waals surface area (Å²) in [5.41, 5.74) is 2.65. The van der Waals surface area contributed by atoms with E-state index in [1.165, 1.54) is 11.1 Å². The van der Waals surface area contributed by atoms with E-state index in [0.717, 1.165) is 13.1 Å². The van der Waals surface area contributed by atoms with Crippen LogP contribution in [0.3, 0.4) is 0 Å². The Hall–Kier alpha value is -0.870. The lowest BCUT2D eigenvalue weighted by atomic mass is 10.2. The highest BCUT2D eigenvalue weighted by Crippen LogP contribution is 2.12. The van der Waals surface area contributed by atoms with Crippen LogP contribution in [0.25, 0.3) is 0 Å². The molecule has 0 spiro atoms. The number of thiophene rings is 1. The molecule has 0 fully saturated rings. The molecule has 78 valence electrons. The Morgan fingerprint density at radius 2 is 2.29 bits per heavy atom. The average Bonchev–Trinajstić information content (AvgIpc) is 2.58. The van der Waals surface area contributed by atoms with Gasteiger partial charge in [0.15, 0.2) is 0 Å². The number of nitrogens with one attached hydrogen (secondary N) is 2. The summed E-state index contributed by atoms with van der Waals surface area (Å²) in [5, 5.41) is 10.1. The van der Waals surface area contributed by atoms with Gasteiger partial charge in [0.05, 0.1) is 0 Å². The predicted molar refractivity (Wildman–Crippen MR) is 59.4 cm³/mol. The molecule has 4 heteroatoms. The highest BCUT2D eigenvalue weighted by Gasteiger charge is 1.99. The predicted octanol–water partition coefficient (Wildman–Crippen LogP) is 1.28. The Kier molecular flexibility index (Phi) is 4.62. The SMILES string of the molecule is CNC(=O)CCNCc1cscc1C. The number of aryl methyl sites for hydroxylation is 1. The van der Waals surface area contributed by atoms with Gasteiger partial charge in [0.2, 0.25) is 5.91 Å². The number of hydrogen-bond donors (Lipinski definition) is 2. The van der Waals surface area contributed by atoms with Crippen LogP contribution >= 0.6 is 11.3 Å². The zero-order chi connectivity index (χ0) is 10.4. The van der Waals surface area contributed by atoms with Crippen molar-refractivity contribution in [3.63, 3.8) is 0 Å². The van der Waals surface area contributed by atoms with Gasteiger partial charge in [-0.05, 0) is 28.8 Å². The van der Waals surface area contributed by atoms with E-state index < -0.39 is 0 Å². The lowest BCUT2D eigenvalue weighted by Gasteiger charge is -2.03. The molecule has 0 radical (unpaired) electrons. The standard InChI is InChI=1S/C10H16N2OS/c1-8-6-14-7-9(8)5-12-4-3-10(13)11-2/h6-7,12H,3-5H2,1-2H3,(H,11,13). The summed E-state index contributed by atoms with van der Waals surface area (Å²) in [4.78, 5) is 10.9. The van der Waals surface area contributed by atoms with E-state index in [1.807, 2.05) is 0 Å². The van der Waals surface area contributed by atoms with E-state index in [-0.39, 0.29) is 5.91 Å². The molecule has 0 aliphatic carbocycles. The van der Waals surface area contributed by atoms with Gasteiger partial charge in [-0.15, -0.1) is 0 Å². The van der Waals surface area contributed by atoms with E-state index in [0.29, 0.717) is 6.42 Å². The van der Waals surface area contributed by atoms with Crippen molar-refractivity contribution in [1.29, 1.82) is 0 Å². The van der Waals surface area contributed by atoms with Gasteiger partial charge in [-0.1, -0.05) is 0 Å². The first-order valence-electron chi connectivity index (χ1n) is 4.67. The molecule has 14 heavy (non-hydrogen) atoms. The molecule has 0 saturated carbocycles. The molecule has 0 aliphatic rings. The van der Waals surface area contributed by atoms with Gasteiger partial charge < -0.3 is 10.6 Å². The molecule has 1 aromatic heterocycles. The highest BCUT2D eigenvalue weighted by atomic mass is 32.1. The van der Waals surface area contributed by atoms with Crippen LogP contribution in [0.15, 0.2) is 10.8 Å². The summed E-state index contributed by atoms with van der Waals surface area (Å²) in [5.74, 6) is 0.0829. The molecule has 0 atom stereocenters. The van der Waals surface area contributed by atoms with Crippen molar-refractivity contribution in [2.75, 3.05) is 13.6 Å². The van der Waals surface area contributed by atoms with Gasteiger partial charge in [0.25, 0.3) is 0 Å². The van der Waals surface area contributed by atoms with E-state index in [9.17, 15) is 4.79 Å². The lowest BCUT2D eigenvalue weighted by molar-refractivity contribution is -0.120. The minimum Gasteiger partial charge on any atom is -0.359 e. The van der Waals surface area contributed by atoms with Crippen LogP contribution in [0.1, 0.15) is 17.5 Å². The van der Waals surface area contributed by atoms with Gasteiger partial charge >= 0.3 is 0 Å².